The molecule has 14 heteroatoms. The summed E-state index contributed by atoms with van der Waals surface area (Å²) in [4.78, 5) is 42.6. The summed E-state index contributed by atoms with van der Waals surface area (Å²) in [6.07, 6.45) is 7.23. The molecule has 6 aliphatic rings. The van der Waals surface area contributed by atoms with E-state index in [2.05, 4.69) is 38.0 Å². The normalized spacial score (nSPS) is 42.7. The first-order valence-electron chi connectivity index (χ1n) is 24.6. The summed E-state index contributed by atoms with van der Waals surface area (Å²) in [5, 5.41) is 36.1. The molecule has 5 fully saturated rings. The van der Waals surface area contributed by atoms with E-state index in [0.29, 0.717) is 57.8 Å². The van der Waals surface area contributed by atoms with Crippen LogP contribution in [0.3, 0.4) is 0 Å². The van der Waals surface area contributed by atoms with Gasteiger partial charge >= 0.3 is 12.1 Å². The lowest BCUT2D eigenvalue weighted by molar-refractivity contribution is -0.398. The number of nitrogens with zero attached hydrogens (tertiary/aromatic N) is 1. The van der Waals surface area contributed by atoms with Gasteiger partial charge in [-0.3, -0.25) is 9.59 Å². The number of nitrogens with one attached hydrogen (secondary N) is 1. The van der Waals surface area contributed by atoms with Crippen molar-refractivity contribution in [3.05, 3.63) is 12.2 Å². The molecule has 4 N–H and O–H groups in total. The van der Waals surface area contributed by atoms with Crippen LogP contribution in [0.1, 0.15) is 146 Å². The van der Waals surface area contributed by atoms with Crippen molar-refractivity contribution in [1.29, 1.82) is 0 Å². The molecule has 63 heavy (non-hydrogen) atoms. The number of ketones is 1. The summed E-state index contributed by atoms with van der Waals surface area (Å²) >= 11 is 0. The third-order valence-electron chi connectivity index (χ3n) is 16.7. The molecule has 0 radical (unpaired) electrons. The zero-order valence-electron chi connectivity index (χ0n) is 40.2. The number of carboxylic acid groups (broad SMARTS) is 1. The number of rotatable bonds is 14. The van der Waals surface area contributed by atoms with Gasteiger partial charge in [0.1, 0.15) is 17.9 Å². The lowest BCUT2D eigenvalue weighted by Gasteiger charge is -2.55. The Balaban J connectivity index is 1.23. The number of carboxylic acids is 1. The Morgan fingerprint density at radius 1 is 0.889 bits per heavy atom. The molecule has 6 heterocycles. The van der Waals surface area contributed by atoms with Crippen molar-refractivity contribution in [2.75, 3.05) is 20.1 Å². The molecule has 0 bridgehead atoms. The van der Waals surface area contributed by atoms with Gasteiger partial charge in [-0.15, -0.1) is 0 Å². The van der Waals surface area contributed by atoms with Gasteiger partial charge in [-0.1, -0.05) is 61.5 Å². The number of alkyl carbamates (subject to hydrolysis) is 1. The summed E-state index contributed by atoms with van der Waals surface area (Å²) in [5.41, 5.74) is -1.73. The van der Waals surface area contributed by atoms with Crippen LogP contribution in [0.5, 0.6) is 0 Å². The maximum absolute atomic E-state index is 14.7. The number of piperidine rings is 1. The number of likely N-dealkylation sites (tertiary alicyclic amines) is 1. The first kappa shape index (κ1) is 50.2. The Hall–Kier alpha value is -2.17. The number of hydrogen-bond donors (Lipinski definition) is 4. The molecule has 360 valence electrons. The maximum Gasteiger partial charge on any atom is 0.408 e. The number of aliphatic carboxylic acids is 1. The average molecular weight is 891 g/mol. The molecule has 2 spiro atoms. The Kier molecular flexibility index (Phi) is 15.9. The van der Waals surface area contributed by atoms with Crippen molar-refractivity contribution < 1.29 is 58.1 Å². The minimum Gasteiger partial charge on any atom is -0.481 e. The number of carbonyl (C=O) groups excluding carboxylic acids is 2. The van der Waals surface area contributed by atoms with E-state index in [0.717, 1.165) is 32.4 Å². The number of amides is 1. The Morgan fingerprint density at radius 3 is 2.19 bits per heavy atom. The molecule has 0 aromatic heterocycles. The van der Waals surface area contributed by atoms with E-state index >= 15 is 0 Å². The van der Waals surface area contributed by atoms with E-state index in [1.54, 1.807) is 6.92 Å². The fourth-order valence-electron chi connectivity index (χ4n) is 12.1. The predicted octanol–water partition coefficient (Wildman–Crippen LogP) is 7.02. The second-order valence-corrected chi connectivity index (χ2v) is 21.0. The van der Waals surface area contributed by atoms with Crippen LogP contribution < -0.4 is 5.32 Å². The molecule has 5 saturated heterocycles. The molecule has 1 unspecified atom stereocenters. The molecule has 0 aromatic carbocycles. The second kappa shape index (κ2) is 20.0. The van der Waals surface area contributed by atoms with Crippen molar-refractivity contribution >= 4 is 17.8 Å². The summed E-state index contributed by atoms with van der Waals surface area (Å²) in [5.74, 6) is -6.07. The second-order valence-electron chi connectivity index (χ2n) is 21.0. The third kappa shape index (κ3) is 10.2. The van der Waals surface area contributed by atoms with Crippen molar-refractivity contribution in [3.8, 4) is 0 Å². The Morgan fingerprint density at radius 2 is 1.57 bits per heavy atom. The van der Waals surface area contributed by atoms with Crippen LogP contribution >= 0.6 is 0 Å². The molecule has 0 aromatic rings. The van der Waals surface area contributed by atoms with Crippen LogP contribution in [0, 0.1) is 41.4 Å². The van der Waals surface area contributed by atoms with Crippen molar-refractivity contribution in [1.82, 2.24) is 10.2 Å². The van der Waals surface area contributed by atoms with E-state index in [9.17, 15) is 29.7 Å². The van der Waals surface area contributed by atoms with Gasteiger partial charge < -0.3 is 54.0 Å². The van der Waals surface area contributed by atoms with Crippen LogP contribution in [0.4, 0.5) is 4.79 Å². The molecule has 14 nitrogen and oxygen atoms in total. The molecule has 6 rings (SSSR count). The van der Waals surface area contributed by atoms with Crippen LogP contribution in [0.25, 0.3) is 0 Å². The van der Waals surface area contributed by atoms with Crippen LogP contribution in [0.2, 0.25) is 0 Å². The molecule has 6 aliphatic heterocycles. The van der Waals surface area contributed by atoms with Gasteiger partial charge in [0.25, 0.3) is 0 Å². The van der Waals surface area contributed by atoms with Gasteiger partial charge in [0.15, 0.2) is 11.6 Å². The third-order valence-corrected chi connectivity index (χ3v) is 16.7. The quantitative estimate of drug-likeness (QED) is 0.131. The zero-order valence-corrected chi connectivity index (χ0v) is 40.2. The maximum atomic E-state index is 14.7. The smallest absolute Gasteiger partial charge is 0.408 e. The fourth-order valence-corrected chi connectivity index (χ4v) is 12.1. The Bertz CT molecular complexity index is 1620. The first-order chi connectivity index (χ1) is 29.6. The van der Waals surface area contributed by atoms with Gasteiger partial charge in [0.2, 0.25) is 0 Å². The summed E-state index contributed by atoms with van der Waals surface area (Å²) in [6.45, 7) is 21.4. The Labute approximate surface area is 376 Å². The van der Waals surface area contributed by atoms with Crippen LogP contribution in [-0.4, -0.2) is 130 Å². The van der Waals surface area contributed by atoms with E-state index in [1.165, 1.54) is 0 Å². The number of ether oxygens (including phenoxy) is 6. The van der Waals surface area contributed by atoms with E-state index in [-0.39, 0.29) is 35.7 Å². The predicted molar refractivity (Wildman–Crippen MR) is 237 cm³/mol. The highest BCUT2D eigenvalue weighted by atomic mass is 16.8. The highest BCUT2D eigenvalue weighted by Crippen LogP contribution is 2.54. The van der Waals surface area contributed by atoms with Gasteiger partial charge in [-0.05, 0) is 109 Å². The van der Waals surface area contributed by atoms with Crippen LogP contribution in [-0.2, 0) is 38.0 Å². The van der Waals surface area contributed by atoms with Crippen LogP contribution in [0.15, 0.2) is 12.2 Å². The summed E-state index contributed by atoms with van der Waals surface area (Å²) in [6, 6.07) is -0.724. The zero-order chi connectivity index (χ0) is 46.2. The van der Waals surface area contributed by atoms with Gasteiger partial charge in [-0.25, -0.2) is 4.79 Å². The molecule has 18 atom stereocenters. The topological polar surface area (TPSA) is 183 Å². The molecule has 0 aliphatic carbocycles. The van der Waals surface area contributed by atoms with E-state index in [1.807, 2.05) is 53.7 Å². The number of aliphatic hydroxyl groups is 2. The van der Waals surface area contributed by atoms with Crippen molar-refractivity contribution in [2.24, 2.45) is 41.4 Å². The number of hydrogen-bond acceptors (Lipinski definition) is 12. The first-order valence-corrected chi connectivity index (χ1v) is 24.6. The minimum atomic E-state index is -1.36. The van der Waals surface area contributed by atoms with Crippen molar-refractivity contribution in [3.63, 3.8) is 0 Å². The average Bonchev–Trinajstić information content (AvgIpc) is 3.59. The highest BCUT2D eigenvalue weighted by molar-refractivity contribution is 5.84. The monoisotopic (exact) mass is 891 g/mol. The summed E-state index contributed by atoms with van der Waals surface area (Å²) < 4.78 is 40.6. The number of carbonyl (C=O) groups is 3. The number of Topliss-reactive ketones (excluding diaryl/α,β-unsaturated/α-hetero) is 1. The van der Waals surface area contributed by atoms with E-state index in [4.69, 9.17) is 28.4 Å². The summed E-state index contributed by atoms with van der Waals surface area (Å²) in [7, 11) is 2.06. The van der Waals surface area contributed by atoms with Gasteiger partial charge in [-0.2, -0.15) is 0 Å². The standard InChI is InChI=1S/C49H82N2O12/c1-12-35(44(54)55)37-16-15-28(4)42(60-37)32(8)40(52)31(7)41(53)36(13-2)43-29(5)27-30(6)48(61-43)22-17-38(50-45(56)59-34-19-25-51(11)26-20-34)49(63-48)24-23-46(10,62-49)39-18-21-47(57,14-3)33(9)58-39/h17,22,28-40,42-43,52,57H,12-16,18-21,23-27H2,1-11H3,(H,50,56)(H,54,55)/t28-,29-,30+,31-,32-,33-,35+,36?,37+,38+,39+,40+,42+,43-,46-,47+,48-,49-/m0/s1. The van der Waals surface area contributed by atoms with Crippen molar-refractivity contribution in [2.45, 2.75) is 218 Å². The minimum absolute atomic E-state index is 0.0248. The molecule has 1 amide bonds. The lowest BCUT2D eigenvalue weighted by Crippen LogP contribution is -2.66. The van der Waals surface area contributed by atoms with Gasteiger partial charge in [0.05, 0.1) is 53.7 Å². The molecular formula is C49H82N2O12. The largest absolute Gasteiger partial charge is 0.481 e. The fraction of sp³-hybridized carbons (Fsp3) is 0.898. The highest BCUT2D eigenvalue weighted by Gasteiger charge is 2.63. The molecule has 0 saturated carbocycles. The SMILES string of the molecule is CCC(C(=O)[C@@H](C)[C@@H](O)[C@H](C)[C@@H]1O[C@@H]([C@@H](CC)C(=O)O)CC[C@@H]1C)[C@H]1O[C@]2(C=C[C@@H](NC(=O)OC3CCN(C)CC3)[C@]3(CC[C@@](C)([C@H]4CC[C@](O)(CC)[C@H](C)O4)O3)O2)[C@H](C)C[C@@H]1C. The van der Waals surface area contributed by atoms with Gasteiger partial charge in [0, 0.05) is 43.2 Å². The lowest BCUT2D eigenvalue weighted by atomic mass is 9.72. The van der Waals surface area contributed by atoms with E-state index < -0.39 is 95.1 Å². The molecular weight excluding hydrogens is 809 g/mol. The number of aliphatic hydroxyl groups excluding tert-OH is 1.